The van der Waals surface area contributed by atoms with Crippen LogP contribution in [0.1, 0.15) is 142 Å². The van der Waals surface area contributed by atoms with Gasteiger partial charge in [0, 0.05) is 11.8 Å². The molecule has 2 atom stereocenters. The predicted molar refractivity (Wildman–Crippen MR) is 168 cm³/mol. The molecule has 5 aliphatic carbocycles. The van der Waals surface area contributed by atoms with Crippen molar-refractivity contribution in [3.63, 3.8) is 0 Å². The molecule has 8 nitrogen and oxygen atoms in total. The van der Waals surface area contributed by atoms with E-state index in [1.807, 2.05) is 0 Å². The Morgan fingerprint density at radius 3 is 1.11 bits per heavy atom. The van der Waals surface area contributed by atoms with E-state index in [0.717, 1.165) is 96.3 Å². The fourth-order valence-corrected chi connectivity index (χ4v) is 9.06. The molecule has 5 aliphatic rings. The first kappa shape index (κ1) is 34.1. The molecule has 0 aromatic rings. The number of carbonyl (C=O) groups is 5. The van der Waals surface area contributed by atoms with Crippen LogP contribution in [0.25, 0.3) is 0 Å². The van der Waals surface area contributed by atoms with Gasteiger partial charge in [-0.1, -0.05) is 6.42 Å². The third-order valence-corrected chi connectivity index (χ3v) is 12.2. The van der Waals surface area contributed by atoms with E-state index in [-0.39, 0.29) is 77.4 Å². The van der Waals surface area contributed by atoms with E-state index in [2.05, 4.69) is 0 Å². The summed E-state index contributed by atoms with van der Waals surface area (Å²) >= 11 is 0. The van der Waals surface area contributed by atoms with E-state index in [0.29, 0.717) is 43.9 Å². The second kappa shape index (κ2) is 16.0. The molecule has 2 unspecified atom stereocenters. The van der Waals surface area contributed by atoms with Crippen molar-refractivity contribution < 1.29 is 38.2 Å². The van der Waals surface area contributed by atoms with Gasteiger partial charge in [-0.2, -0.15) is 0 Å². The molecule has 5 saturated carbocycles. The van der Waals surface area contributed by atoms with Crippen molar-refractivity contribution >= 4 is 29.5 Å². The number of ether oxygens (including phenoxy) is 3. The van der Waals surface area contributed by atoms with Crippen molar-refractivity contribution in [2.45, 2.75) is 161 Å². The lowest BCUT2D eigenvalue weighted by atomic mass is 9.72. The van der Waals surface area contributed by atoms with Gasteiger partial charge in [-0.25, -0.2) is 0 Å². The highest BCUT2D eigenvalue weighted by Gasteiger charge is 2.38. The number of hydrogen-bond donors (Lipinski definition) is 0. The lowest BCUT2D eigenvalue weighted by Crippen LogP contribution is -2.35. The zero-order chi connectivity index (χ0) is 31.9. The average molecular weight is 629 g/mol. The molecule has 0 aliphatic heterocycles. The van der Waals surface area contributed by atoms with Crippen molar-refractivity contribution in [3.05, 3.63) is 0 Å². The minimum absolute atomic E-state index is 0.00631. The van der Waals surface area contributed by atoms with Crippen LogP contribution in [0.3, 0.4) is 0 Å². The van der Waals surface area contributed by atoms with Crippen LogP contribution in [0.5, 0.6) is 0 Å². The molecule has 0 aromatic heterocycles. The van der Waals surface area contributed by atoms with Gasteiger partial charge in [-0.05, 0) is 148 Å². The van der Waals surface area contributed by atoms with Crippen LogP contribution in [0.4, 0.5) is 0 Å². The Bertz CT molecular complexity index is 1040. The van der Waals surface area contributed by atoms with Crippen LogP contribution in [-0.2, 0) is 38.2 Å². The molecular weight excluding hydrogens is 572 g/mol. The molecule has 0 radical (unpaired) electrons. The highest BCUT2D eigenvalue weighted by atomic mass is 16.6. The molecular formula is C37H56O8. The Morgan fingerprint density at radius 1 is 0.378 bits per heavy atom. The summed E-state index contributed by atoms with van der Waals surface area (Å²) in [6.45, 7) is 3.28. The normalized spacial score (nSPS) is 37.6. The first-order chi connectivity index (χ1) is 21.7. The molecule has 252 valence electrons. The minimum atomic E-state index is -0.139. The Kier molecular flexibility index (Phi) is 12.2. The Morgan fingerprint density at radius 2 is 0.711 bits per heavy atom. The summed E-state index contributed by atoms with van der Waals surface area (Å²) in [6.07, 6.45) is 17.1. The lowest BCUT2D eigenvalue weighted by Gasteiger charge is -2.38. The molecule has 8 heteroatoms. The topological polar surface area (TPSA) is 113 Å². The summed E-state index contributed by atoms with van der Waals surface area (Å²) in [5, 5.41) is 0. The zero-order valence-corrected chi connectivity index (χ0v) is 27.7. The maximum absolute atomic E-state index is 13.0. The quantitative estimate of drug-likeness (QED) is 0.197. The molecule has 0 amide bonds. The maximum Gasteiger partial charge on any atom is 0.309 e. The Hall–Kier alpha value is -2.25. The molecule has 0 aromatic carbocycles. The smallest absolute Gasteiger partial charge is 0.309 e. The molecule has 0 heterocycles. The number of hydrogen-bond acceptors (Lipinski definition) is 8. The highest BCUT2D eigenvalue weighted by Crippen LogP contribution is 2.41. The number of rotatable bonds is 9. The van der Waals surface area contributed by atoms with E-state index in [1.54, 1.807) is 13.8 Å². The first-order valence-electron chi connectivity index (χ1n) is 18.3. The van der Waals surface area contributed by atoms with Crippen LogP contribution in [-0.4, -0.2) is 47.8 Å². The standard InChI is InChI=1S/C37H56O8/c1-23(38)25-10-16-32(17-11-25)43-35(40)28-6-8-29(9-7-28)36(41)44-33-18-12-26(13-19-33)27-14-20-34(21-15-27)45-37(42)31-5-3-4-30(22-31)24(2)39/h25-34H,3-22H2,1-2H3. The third-order valence-electron chi connectivity index (χ3n) is 12.2. The molecule has 0 bridgehead atoms. The number of esters is 3. The van der Waals surface area contributed by atoms with Gasteiger partial charge in [-0.3, -0.25) is 24.0 Å². The second-order valence-electron chi connectivity index (χ2n) is 15.2. The number of Topliss-reactive ketones (excluding diaryl/α,β-unsaturated/α-hetero) is 2. The van der Waals surface area contributed by atoms with E-state index in [4.69, 9.17) is 14.2 Å². The summed E-state index contributed by atoms with van der Waals surface area (Å²) in [4.78, 5) is 61.9. The Labute approximate surface area is 269 Å². The summed E-state index contributed by atoms with van der Waals surface area (Å²) < 4.78 is 17.7. The monoisotopic (exact) mass is 628 g/mol. The maximum atomic E-state index is 13.0. The summed E-state index contributed by atoms with van der Waals surface area (Å²) in [7, 11) is 0. The molecule has 0 N–H and O–H groups in total. The van der Waals surface area contributed by atoms with Crippen LogP contribution < -0.4 is 0 Å². The first-order valence-corrected chi connectivity index (χ1v) is 18.3. The molecule has 45 heavy (non-hydrogen) atoms. The van der Waals surface area contributed by atoms with Gasteiger partial charge >= 0.3 is 17.9 Å². The van der Waals surface area contributed by atoms with E-state index in [9.17, 15) is 24.0 Å². The SMILES string of the molecule is CC(=O)C1CCC(OC(=O)C2CCC(C(=O)OC3CCC(C4CCC(OC(=O)C5CCCC(C(C)=O)C5)CC4)CC3)CC2)CC1. The van der Waals surface area contributed by atoms with Gasteiger partial charge in [-0.15, -0.1) is 0 Å². The fraction of sp³-hybridized carbons (Fsp3) is 0.865. The molecule has 5 rings (SSSR count). The van der Waals surface area contributed by atoms with Crippen molar-refractivity contribution in [2.75, 3.05) is 0 Å². The van der Waals surface area contributed by atoms with Gasteiger partial charge in [0.2, 0.25) is 0 Å². The highest BCUT2D eigenvalue weighted by molar-refractivity contribution is 5.80. The molecule has 0 saturated heterocycles. The van der Waals surface area contributed by atoms with Crippen molar-refractivity contribution in [3.8, 4) is 0 Å². The summed E-state index contributed by atoms with van der Waals surface area (Å²) in [6, 6.07) is 0. The van der Waals surface area contributed by atoms with Gasteiger partial charge in [0.15, 0.2) is 0 Å². The fourth-order valence-electron chi connectivity index (χ4n) is 9.06. The van der Waals surface area contributed by atoms with E-state index >= 15 is 0 Å². The van der Waals surface area contributed by atoms with Crippen molar-refractivity contribution in [1.82, 2.24) is 0 Å². The largest absolute Gasteiger partial charge is 0.462 e. The van der Waals surface area contributed by atoms with Gasteiger partial charge in [0.05, 0.1) is 17.8 Å². The van der Waals surface area contributed by atoms with Crippen LogP contribution in [0, 0.1) is 41.4 Å². The third kappa shape index (κ3) is 9.41. The summed E-state index contributed by atoms with van der Waals surface area (Å²) in [5.41, 5.74) is 0. The van der Waals surface area contributed by atoms with Crippen molar-refractivity contribution in [2.24, 2.45) is 41.4 Å². The second-order valence-corrected chi connectivity index (χ2v) is 15.2. The zero-order valence-electron chi connectivity index (χ0n) is 27.7. The average Bonchev–Trinajstić information content (AvgIpc) is 3.06. The number of carbonyl (C=O) groups excluding carboxylic acids is 5. The van der Waals surface area contributed by atoms with E-state index < -0.39 is 0 Å². The lowest BCUT2D eigenvalue weighted by molar-refractivity contribution is -0.163. The predicted octanol–water partition coefficient (Wildman–Crippen LogP) is 7.08. The van der Waals surface area contributed by atoms with Crippen LogP contribution >= 0.6 is 0 Å². The van der Waals surface area contributed by atoms with E-state index in [1.165, 1.54) is 0 Å². The van der Waals surface area contributed by atoms with Gasteiger partial charge < -0.3 is 14.2 Å². The van der Waals surface area contributed by atoms with Crippen LogP contribution in [0.15, 0.2) is 0 Å². The summed E-state index contributed by atoms with van der Waals surface area (Å²) in [5.74, 6) is 1.14. The minimum Gasteiger partial charge on any atom is -0.462 e. The van der Waals surface area contributed by atoms with Gasteiger partial charge in [0.25, 0.3) is 0 Å². The number of ketones is 2. The van der Waals surface area contributed by atoms with Crippen molar-refractivity contribution in [1.29, 1.82) is 0 Å². The molecule has 0 spiro atoms. The van der Waals surface area contributed by atoms with Gasteiger partial charge in [0.1, 0.15) is 29.9 Å². The Balaban J connectivity index is 0.943. The van der Waals surface area contributed by atoms with Crippen LogP contribution in [0.2, 0.25) is 0 Å². The molecule has 5 fully saturated rings.